The lowest BCUT2D eigenvalue weighted by Gasteiger charge is -2.30. The Morgan fingerprint density at radius 2 is 0.682 bits per heavy atom. The van der Waals surface area contributed by atoms with Gasteiger partial charge in [-0.3, -0.25) is 28.8 Å². The lowest BCUT2D eigenvalue weighted by atomic mass is 10.00. The number of hydrogen-bond acceptors (Lipinski definition) is 12. The first kappa shape index (κ1) is 82.2. The third-order valence-electron chi connectivity index (χ3n) is 21.8. The number of nitrogens with two attached hydrogens (primary N) is 2. The Morgan fingerprint density at radius 3 is 0.982 bits per heavy atom. The predicted octanol–water partition coefficient (Wildman–Crippen LogP) is 13.3. The van der Waals surface area contributed by atoms with Crippen molar-refractivity contribution in [2.24, 2.45) is 11.5 Å². The largest absolute Gasteiger partial charge is 0.350 e. The lowest BCUT2D eigenvalue weighted by Crippen LogP contribution is -2.50. The first-order chi connectivity index (χ1) is 53.3. The van der Waals surface area contributed by atoms with Crippen molar-refractivity contribution in [3.8, 4) is 0 Å². The highest BCUT2D eigenvalue weighted by atomic mass is 35.5. The highest BCUT2D eigenvalue weighted by molar-refractivity contribution is 6.31. The number of fused-ring (bicyclic) bond motifs is 3. The van der Waals surface area contributed by atoms with Crippen molar-refractivity contribution < 1.29 is 28.8 Å². The molecule has 21 heteroatoms. The molecule has 6 amide bonds. The molecule has 0 bridgehead atoms. The van der Waals surface area contributed by atoms with E-state index in [9.17, 15) is 28.8 Å². The molecule has 0 aliphatic carbocycles. The van der Waals surface area contributed by atoms with Crippen LogP contribution in [-0.4, -0.2) is 183 Å². The molecule has 0 spiro atoms. The summed E-state index contributed by atoms with van der Waals surface area (Å²) in [7, 11) is 0. The van der Waals surface area contributed by atoms with Crippen molar-refractivity contribution in [1.29, 1.82) is 0 Å². The van der Waals surface area contributed by atoms with Crippen LogP contribution in [0.1, 0.15) is 144 Å². The Balaban J connectivity index is 0.000000164. The molecule has 110 heavy (non-hydrogen) atoms. The quantitative estimate of drug-likeness (QED) is 0.0267. The van der Waals surface area contributed by atoms with Gasteiger partial charge in [0.15, 0.2) is 0 Å². The van der Waals surface area contributed by atoms with E-state index in [1.54, 1.807) is 0 Å². The number of carbonyl (C=O) groups is 6. The van der Waals surface area contributed by atoms with Crippen LogP contribution < -0.4 is 43.4 Å². The maximum Gasteiger partial charge on any atom is 0.251 e. The molecule has 0 saturated carbocycles. The summed E-state index contributed by atoms with van der Waals surface area (Å²) in [4.78, 5) is 87.5. The lowest BCUT2D eigenvalue weighted by molar-refractivity contribution is -0.133. The fraction of sp³-hybridized carbons (Fsp3) is 0.393. The summed E-state index contributed by atoms with van der Waals surface area (Å²) in [6.07, 6.45) is 7.94. The Labute approximate surface area is 663 Å². The van der Waals surface area contributed by atoms with Crippen LogP contribution in [0, 0.1) is 0 Å². The number of amides is 6. The van der Waals surface area contributed by atoms with E-state index in [0.29, 0.717) is 112 Å². The normalized spacial score (nSPS) is 20.1. The second-order valence-corrected chi connectivity index (χ2v) is 31.3. The zero-order valence-electron chi connectivity index (χ0n) is 63.5. The Hall–Kier alpha value is -8.79. The van der Waals surface area contributed by atoms with E-state index in [1.807, 2.05) is 215 Å². The smallest absolute Gasteiger partial charge is 0.251 e. The van der Waals surface area contributed by atoms with Crippen LogP contribution in [0.25, 0.3) is 32.3 Å². The van der Waals surface area contributed by atoms with E-state index in [2.05, 4.69) is 57.6 Å². The minimum atomic E-state index is -0.359. The maximum absolute atomic E-state index is 13.8. The van der Waals surface area contributed by atoms with Crippen molar-refractivity contribution in [1.82, 2.24) is 51.5 Å². The van der Waals surface area contributed by atoms with E-state index in [0.717, 1.165) is 93.8 Å². The Morgan fingerprint density at radius 1 is 0.391 bits per heavy atom. The van der Waals surface area contributed by atoms with Gasteiger partial charge in [-0.1, -0.05) is 189 Å². The third kappa shape index (κ3) is 23.4. The summed E-state index contributed by atoms with van der Waals surface area (Å²) >= 11 is 18.1. The summed E-state index contributed by atoms with van der Waals surface area (Å²) in [5, 5.41) is 28.3. The van der Waals surface area contributed by atoms with Gasteiger partial charge < -0.3 is 63.0 Å². The topological polar surface area (TPSA) is 240 Å². The van der Waals surface area contributed by atoms with Crippen LogP contribution in [-0.2, 0) is 14.4 Å². The number of piperidine rings is 1. The number of hydrogen-bond donors (Lipinski definition) is 8. The molecule has 1 unspecified atom stereocenters. The first-order valence-electron chi connectivity index (χ1n) is 39.2. The zero-order chi connectivity index (χ0) is 77.5. The van der Waals surface area contributed by atoms with Gasteiger partial charge in [-0.15, -0.1) is 0 Å². The maximum atomic E-state index is 13.8. The minimum Gasteiger partial charge on any atom is -0.350 e. The zero-order valence-corrected chi connectivity index (χ0v) is 65.8. The second-order valence-electron chi connectivity index (χ2n) is 30.0. The molecule has 18 nitrogen and oxygen atoms in total. The fourth-order valence-corrected chi connectivity index (χ4v) is 15.7. The average Bonchev–Trinajstić information content (AvgIpc) is 0.998. The Bertz CT molecular complexity index is 4340. The highest BCUT2D eigenvalue weighted by Gasteiger charge is 2.35. The van der Waals surface area contributed by atoms with Crippen LogP contribution in [0.2, 0.25) is 15.1 Å². The van der Waals surface area contributed by atoms with Crippen molar-refractivity contribution in [3.63, 3.8) is 0 Å². The number of nitrogens with zero attached hydrogens (tertiary/aromatic N) is 4. The number of nitrogens with one attached hydrogen (secondary N) is 6. The summed E-state index contributed by atoms with van der Waals surface area (Å²) in [5.41, 5.74) is 17.0. The van der Waals surface area contributed by atoms with Crippen LogP contribution in [0.3, 0.4) is 0 Å². The number of benzene rings is 9. The van der Waals surface area contributed by atoms with Crippen molar-refractivity contribution >= 4 is 103 Å². The molecular weight excluding hydrogens is 1440 g/mol. The van der Waals surface area contributed by atoms with Gasteiger partial charge in [-0.2, -0.15) is 0 Å². The molecule has 13 rings (SSSR count). The van der Waals surface area contributed by atoms with Gasteiger partial charge in [0.1, 0.15) is 0 Å². The third-order valence-corrected chi connectivity index (χ3v) is 22.6. The van der Waals surface area contributed by atoms with E-state index in [-0.39, 0.29) is 89.4 Å². The van der Waals surface area contributed by atoms with Crippen LogP contribution >= 0.6 is 34.8 Å². The van der Waals surface area contributed by atoms with Crippen molar-refractivity contribution in [2.45, 2.75) is 133 Å². The van der Waals surface area contributed by atoms with Crippen molar-refractivity contribution in [3.05, 3.63) is 249 Å². The van der Waals surface area contributed by atoms with Gasteiger partial charge in [0.05, 0.1) is 18.1 Å². The summed E-state index contributed by atoms with van der Waals surface area (Å²) in [6.45, 7) is 15.6. The van der Waals surface area contributed by atoms with Crippen LogP contribution in [0.15, 0.2) is 200 Å². The van der Waals surface area contributed by atoms with Gasteiger partial charge in [-0.25, -0.2) is 0 Å². The fourth-order valence-electron chi connectivity index (χ4n) is 15.3. The van der Waals surface area contributed by atoms with Crippen LogP contribution in [0.4, 0.5) is 0 Å². The SMILES string of the molecule is CC(CN1CC[C@@H](CNC(=O)c2ccc3ccccc3c2)N[C@@H](CCN)C1=O)c1ccc(Cl)cc1.C[C@@H](CN1CC[C@@H](CNC(=O)c2ccc3ccccc3c2)N[C@@H](CCN)C1=O)c1ccc(Cl)cc1.C[C@@H](CN1CC[C@@H](CNC(=O)c2ccc3ccccc3c2)N[C@@H](CCN2CCCCC2)C1=O)c1ccc(Cl)cc1. The molecule has 9 aromatic carbocycles. The molecule has 9 aromatic rings. The molecule has 0 radical (unpaired) electrons. The standard InChI is InChI=1S/C33H41ClN4O2.2C28H33ClN4O2/c1-24(25-11-13-29(34)14-12-25)23-38-20-15-30(36-31(33(38)40)16-19-37-17-5-2-6-18-37)22-35-32(39)28-10-9-26-7-3-4-8-27(26)21-28;2*1-19(20-8-10-24(29)11-9-20)18-33-15-13-25(32-26(12-14-30)28(33)35)17-31-27(34)23-7-6-21-4-2-3-5-22(21)16-23/h3-4,7-14,21,24,30-31,36H,2,5-6,15-20,22-23H2,1H3,(H,35,39);2*2-11,16,19,25-26,32H,12-15,17-18,30H2,1H3,(H,31,34)/t24-,30-,31-;19?,25-,26-;19-,25-,26-/m000/s1. The summed E-state index contributed by atoms with van der Waals surface area (Å²) in [5.74, 6) is 0.556. The molecule has 4 aliphatic rings. The van der Waals surface area contributed by atoms with E-state index < -0.39 is 0 Å². The monoisotopic (exact) mass is 1540 g/mol. The average molecular weight is 1550 g/mol. The molecule has 4 aliphatic heterocycles. The van der Waals surface area contributed by atoms with Crippen molar-refractivity contribution in [2.75, 3.05) is 91.6 Å². The number of likely N-dealkylation sites (tertiary alicyclic amines) is 1. The predicted molar refractivity (Wildman–Crippen MR) is 446 cm³/mol. The van der Waals surface area contributed by atoms with Gasteiger partial charge in [0.2, 0.25) is 17.7 Å². The van der Waals surface area contributed by atoms with Gasteiger partial charge >= 0.3 is 0 Å². The molecule has 9 atom stereocenters. The second kappa shape index (κ2) is 40.9. The minimum absolute atomic E-state index is 0.0178. The molecule has 580 valence electrons. The molecular formula is C89H107Cl3N12O6. The molecule has 4 fully saturated rings. The van der Waals surface area contributed by atoms with E-state index >= 15 is 0 Å². The first-order valence-corrected chi connectivity index (χ1v) is 40.3. The number of carbonyl (C=O) groups excluding carboxylic acids is 6. The molecule has 4 heterocycles. The van der Waals surface area contributed by atoms with Gasteiger partial charge in [-0.05, 0) is 217 Å². The van der Waals surface area contributed by atoms with E-state index in [4.69, 9.17) is 46.3 Å². The molecule has 4 saturated heterocycles. The summed E-state index contributed by atoms with van der Waals surface area (Å²) in [6, 6.07) is 63.8. The van der Waals surface area contributed by atoms with Gasteiger partial charge in [0, 0.05) is 115 Å². The van der Waals surface area contributed by atoms with Crippen LogP contribution in [0.5, 0.6) is 0 Å². The highest BCUT2D eigenvalue weighted by Crippen LogP contribution is 2.27. The van der Waals surface area contributed by atoms with Gasteiger partial charge in [0.25, 0.3) is 17.7 Å². The summed E-state index contributed by atoms with van der Waals surface area (Å²) < 4.78 is 0. The molecule has 0 aromatic heterocycles. The molecule has 10 N–H and O–H groups in total. The van der Waals surface area contributed by atoms with E-state index in [1.165, 1.54) is 24.8 Å². The number of rotatable bonds is 25. The Kier molecular flexibility index (Phi) is 30.6. The number of halogens is 3.